The SMILES string of the molecule is Cc1sc(NC(=O)C2CC2)nc1-c1ccc2c(c1)CCN2S(C)(=O)=O. The fraction of sp³-hybridized carbons (Fsp3) is 0.412. The van der Waals surface area contributed by atoms with E-state index in [4.69, 9.17) is 0 Å². The first-order chi connectivity index (χ1) is 11.8. The van der Waals surface area contributed by atoms with Crippen LogP contribution in [0.5, 0.6) is 0 Å². The molecule has 0 bridgehead atoms. The molecule has 1 N–H and O–H groups in total. The number of aromatic nitrogens is 1. The summed E-state index contributed by atoms with van der Waals surface area (Å²) in [4.78, 5) is 17.5. The minimum Gasteiger partial charge on any atom is -0.302 e. The quantitative estimate of drug-likeness (QED) is 0.889. The van der Waals surface area contributed by atoms with Crippen molar-refractivity contribution in [3.8, 4) is 11.3 Å². The molecule has 0 saturated heterocycles. The molecule has 0 atom stereocenters. The third-order valence-corrected chi connectivity index (χ3v) is 6.65. The van der Waals surface area contributed by atoms with E-state index in [0.29, 0.717) is 18.1 Å². The molecule has 4 rings (SSSR count). The number of benzene rings is 1. The molecule has 0 radical (unpaired) electrons. The van der Waals surface area contributed by atoms with Gasteiger partial charge in [0.1, 0.15) is 0 Å². The Labute approximate surface area is 150 Å². The molecule has 1 fully saturated rings. The van der Waals surface area contributed by atoms with Gasteiger partial charge in [0, 0.05) is 22.9 Å². The Morgan fingerprint density at radius 3 is 2.80 bits per heavy atom. The van der Waals surface area contributed by atoms with Crippen molar-refractivity contribution in [3.05, 3.63) is 28.6 Å². The van der Waals surface area contributed by atoms with Gasteiger partial charge in [0.05, 0.1) is 17.6 Å². The van der Waals surface area contributed by atoms with E-state index in [1.807, 2.05) is 25.1 Å². The number of rotatable bonds is 4. The molecule has 1 amide bonds. The summed E-state index contributed by atoms with van der Waals surface area (Å²) in [6, 6.07) is 5.76. The molecule has 25 heavy (non-hydrogen) atoms. The van der Waals surface area contributed by atoms with Gasteiger partial charge >= 0.3 is 0 Å². The summed E-state index contributed by atoms with van der Waals surface area (Å²) in [7, 11) is -3.24. The van der Waals surface area contributed by atoms with Crippen LogP contribution in [0.15, 0.2) is 18.2 Å². The lowest BCUT2D eigenvalue weighted by molar-refractivity contribution is -0.117. The van der Waals surface area contributed by atoms with Crippen molar-refractivity contribution in [1.29, 1.82) is 0 Å². The highest BCUT2D eigenvalue weighted by Crippen LogP contribution is 2.37. The molecule has 8 heteroatoms. The van der Waals surface area contributed by atoms with Gasteiger partial charge in [-0.1, -0.05) is 6.07 Å². The van der Waals surface area contributed by atoms with Crippen molar-refractivity contribution in [2.24, 2.45) is 5.92 Å². The number of amides is 1. The van der Waals surface area contributed by atoms with Crippen LogP contribution in [0.4, 0.5) is 10.8 Å². The Kier molecular flexibility index (Phi) is 3.84. The normalized spacial score (nSPS) is 16.8. The molecule has 0 spiro atoms. The van der Waals surface area contributed by atoms with E-state index >= 15 is 0 Å². The molecule has 1 aromatic carbocycles. The molecule has 1 aliphatic carbocycles. The number of carbonyl (C=O) groups excluding carboxylic acids is 1. The average Bonchev–Trinajstić information content (AvgIpc) is 3.20. The molecule has 0 unspecified atom stereocenters. The zero-order valence-electron chi connectivity index (χ0n) is 14.1. The molecule has 2 aromatic rings. The van der Waals surface area contributed by atoms with Crippen LogP contribution in [-0.4, -0.2) is 32.1 Å². The smallest absolute Gasteiger partial charge is 0.232 e. The van der Waals surface area contributed by atoms with Crippen molar-refractivity contribution in [1.82, 2.24) is 4.98 Å². The summed E-state index contributed by atoms with van der Waals surface area (Å²) in [5, 5.41) is 3.52. The Bertz CT molecular complexity index is 962. The Balaban J connectivity index is 1.63. The van der Waals surface area contributed by atoms with E-state index in [0.717, 1.165) is 40.2 Å². The third kappa shape index (κ3) is 3.16. The average molecular weight is 377 g/mol. The lowest BCUT2D eigenvalue weighted by atomic mass is 10.1. The number of nitrogens with one attached hydrogen (secondary N) is 1. The summed E-state index contributed by atoms with van der Waals surface area (Å²) in [6.45, 7) is 2.46. The number of thiazole rings is 1. The molecule has 6 nitrogen and oxygen atoms in total. The Morgan fingerprint density at radius 2 is 2.12 bits per heavy atom. The van der Waals surface area contributed by atoms with Crippen LogP contribution in [0.3, 0.4) is 0 Å². The molecule has 2 aliphatic rings. The second-order valence-corrected chi connectivity index (χ2v) is 9.73. The molecule has 1 aromatic heterocycles. The van der Waals surface area contributed by atoms with E-state index in [2.05, 4.69) is 10.3 Å². The molecule has 132 valence electrons. The highest BCUT2D eigenvalue weighted by atomic mass is 32.2. The maximum Gasteiger partial charge on any atom is 0.232 e. The second kappa shape index (κ2) is 5.81. The van der Waals surface area contributed by atoms with Gasteiger partial charge in [-0.05, 0) is 43.9 Å². The van der Waals surface area contributed by atoms with E-state index < -0.39 is 10.0 Å². The zero-order chi connectivity index (χ0) is 17.8. The number of nitrogens with zero attached hydrogens (tertiary/aromatic N) is 2. The van der Waals surface area contributed by atoms with Gasteiger partial charge in [0.15, 0.2) is 5.13 Å². The number of aryl methyl sites for hydroxylation is 1. The van der Waals surface area contributed by atoms with Gasteiger partial charge in [0.2, 0.25) is 15.9 Å². The maximum absolute atomic E-state index is 11.9. The fourth-order valence-electron chi connectivity index (χ4n) is 3.13. The molecule has 1 saturated carbocycles. The number of anilines is 2. The predicted octanol–water partition coefficient (Wildman–Crippen LogP) is 2.79. The van der Waals surface area contributed by atoms with Crippen LogP contribution in [0.1, 0.15) is 23.3 Å². The second-order valence-electron chi connectivity index (χ2n) is 6.62. The largest absolute Gasteiger partial charge is 0.302 e. The van der Waals surface area contributed by atoms with E-state index in [1.165, 1.54) is 21.9 Å². The van der Waals surface area contributed by atoms with Crippen LogP contribution in [0, 0.1) is 12.8 Å². The van der Waals surface area contributed by atoms with Gasteiger partial charge in [-0.25, -0.2) is 13.4 Å². The monoisotopic (exact) mass is 377 g/mol. The number of hydrogen-bond donors (Lipinski definition) is 1. The number of carbonyl (C=O) groups is 1. The third-order valence-electron chi connectivity index (χ3n) is 4.58. The van der Waals surface area contributed by atoms with Gasteiger partial charge in [-0.15, -0.1) is 11.3 Å². The van der Waals surface area contributed by atoms with Crippen molar-refractivity contribution >= 4 is 38.1 Å². The summed E-state index contributed by atoms with van der Waals surface area (Å²) in [5.41, 5.74) is 3.56. The first-order valence-corrected chi connectivity index (χ1v) is 10.9. The fourth-order valence-corrected chi connectivity index (χ4v) is 4.93. The molecule has 2 heterocycles. The topological polar surface area (TPSA) is 79.4 Å². The van der Waals surface area contributed by atoms with Crippen LogP contribution in [0.25, 0.3) is 11.3 Å². The molecular weight excluding hydrogens is 358 g/mol. The van der Waals surface area contributed by atoms with Crippen molar-refractivity contribution in [3.63, 3.8) is 0 Å². The Hall–Kier alpha value is -1.93. The van der Waals surface area contributed by atoms with Crippen LogP contribution in [-0.2, 0) is 21.2 Å². The number of sulfonamides is 1. The summed E-state index contributed by atoms with van der Waals surface area (Å²) in [5.74, 6) is 0.202. The first-order valence-electron chi connectivity index (χ1n) is 8.22. The number of hydrogen-bond acceptors (Lipinski definition) is 5. The highest BCUT2D eigenvalue weighted by molar-refractivity contribution is 7.92. The van der Waals surface area contributed by atoms with Gasteiger partial charge in [0.25, 0.3) is 0 Å². The first kappa shape index (κ1) is 16.5. The zero-order valence-corrected chi connectivity index (χ0v) is 15.7. The van der Waals surface area contributed by atoms with Crippen LogP contribution < -0.4 is 9.62 Å². The molecular formula is C17H19N3O3S2. The van der Waals surface area contributed by atoms with E-state index in [-0.39, 0.29) is 11.8 Å². The van der Waals surface area contributed by atoms with E-state index in [1.54, 1.807) is 0 Å². The van der Waals surface area contributed by atoms with E-state index in [9.17, 15) is 13.2 Å². The summed E-state index contributed by atoms with van der Waals surface area (Å²) < 4.78 is 25.1. The lowest BCUT2D eigenvalue weighted by Gasteiger charge is -2.16. The lowest BCUT2D eigenvalue weighted by Crippen LogP contribution is -2.27. The minimum absolute atomic E-state index is 0.0537. The maximum atomic E-state index is 11.9. The van der Waals surface area contributed by atoms with Gasteiger partial charge in [-0.3, -0.25) is 9.10 Å². The Morgan fingerprint density at radius 1 is 1.36 bits per heavy atom. The summed E-state index contributed by atoms with van der Waals surface area (Å²) in [6.07, 6.45) is 3.86. The highest BCUT2D eigenvalue weighted by Gasteiger charge is 2.30. The van der Waals surface area contributed by atoms with Gasteiger partial charge in [-0.2, -0.15) is 0 Å². The minimum atomic E-state index is -3.24. The van der Waals surface area contributed by atoms with Crippen molar-refractivity contribution in [2.45, 2.75) is 26.2 Å². The number of fused-ring (bicyclic) bond motifs is 1. The predicted molar refractivity (Wildman–Crippen MR) is 99.5 cm³/mol. The summed E-state index contributed by atoms with van der Waals surface area (Å²) >= 11 is 1.47. The standard InChI is InChI=1S/C17H19N3O3S2/c1-10-15(18-17(24-10)19-16(21)11-3-4-11)13-5-6-14-12(9-13)7-8-20(14)25(2,22)23/h5-6,9,11H,3-4,7-8H2,1-2H3,(H,18,19,21). The molecule has 1 aliphatic heterocycles. The van der Waals surface area contributed by atoms with Gasteiger partial charge < -0.3 is 5.32 Å². The van der Waals surface area contributed by atoms with Crippen LogP contribution >= 0.6 is 11.3 Å². The van der Waals surface area contributed by atoms with Crippen molar-refractivity contribution in [2.75, 3.05) is 22.4 Å². The van der Waals surface area contributed by atoms with Crippen molar-refractivity contribution < 1.29 is 13.2 Å². The van der Waals surface area contributed by atoms with Crippen LogP contribution in [0.2, 0.25) is 0 Å².